The van der Waals surface area contributed by atoms with E-state index in [4.69, 9.17) is 0 Å². The van der Waals surface area contributed by atoms with E-state index in [2.05, 4.69) is 5.32 Å². The summed E-state index contributed by atoms with van der Waals surface area (Å²) in [5.74, 6) is 0.240. The molecule has 0 aromatic rings. The van der Waals surface area contributed by atoms with E-state index in [-0.39, 0.29) is 42.7 Å². The number of nitrogens with one attached hydrogen (secondary N) is 1. The Morgan fingerprint density at radius 2 is 1.92 bits per heavy atom. The van der Waals surface area contributed by atoms with Gasteiger partial charge in [0.1, 0.15) is 0 Å². The van der Waals surface area contributed by atoms with Crippen molar-refractivity contribution in [2.24, 2.45) is 0 Å². The summed E-state index contributed by atoms with van der Waals surface area (Å²) in [6.07, 6.45) is 4.35. The van der Waals surface area contributed by atoms with E-state index in [1.165, 1.54) is 0 Å². The molecule has 0 aliphatic carbocycles. The molecule has 0 aromatic carbocycles. The highest BCUT2D eigenvalue weighted by molar-refractivity contribution is 5.86. The van der Waals surface area contributed by atoms with Crippen LogP contribution in [0.1, 0.15) is 32.1 Å². The number of carbonyl (C=O) groups excluding carboxylic acids is 3. The first-order valence-corrected chi connectivity index (χ1v) is 8.71. The molecule has 3 aliphatic rings. The Hall–Kier alpha value is -1.34. The predicted octanol–water partition coefficient (Wildman–Crippen LogP) is -0.156. The Kier molecular flexibility index (Phi) is 6.86. The van der Waals surface area contributed by atoms with Crippen molar-refractivity contribution in [1.82, 2.24) is 20.0 Å². The molecule has 0 radical (unpaired) electrons. The largest absolute Gasteiger partial charge is 0.339 e. The van der Waals surface area contributed by atoms with Crippen LogP contribution in [-0.4, -0.2) is 84.3 Å². The SMILES string of the molecule is Cl.O=C1CCCCN1CC(=O)N1CCCC(N2CCNCC2=O)C1. The summed E-state index contributed by atoms with van der Waals surface area (Å²) in [5.41, 5.74) is 0. The second-order valence-electron chi connectivity index (χ2n) is 6.67. The molecule has 0 spiro atoms. The van der Waals surface area contributed by atoms with Crippen molar-refractivity contribution >= 4 is 30.1 Å². The van der Waals surface area contributed by atoms with Crippen LogP contribution in [0.2, 0.25) is 0 Å². The van der Waals surface area contributed by atoms with Crippen molar-refractivity contribution < 1.29 is 14.4 Å². The van der Waals surface area contributed by atoms with Crippen molar-refractivity contribution in [1.29, 1.82) is 0 Å². The number of piperazine rings is 1. The number of piperidine rings is 2. The van der Waals surface area contributed by atoms with Crippen molar-refractivity contribution in [3.63, 3.8) is 0 Å². The standard InChI is InChI=1S/C16H26N4O3.ClH/c21-14-5-1-2-7-19(14)12-16(23)18-8-3-4-13(11-18)20-9-6-17-10-15(20)22;/h13,17H,1-12H2;1H. The van der Waals surface area contributed by atoms with Crippen LogP contribution in [-0.2, 0) is 14.4 Å². The van der Waals surface area contributed by atoms with Gasteiger partial charge in [-0.3, -0.25) is 14.4 Å². The lowest BCUT2D eigenvalue weighted by Gasteiger charge is -2.41. The molecular formula is C16H27ClN4O3. The lowest BCUT2D eigenvalue weighted by molar-refractivity contribution is -0.144. The zero-order chi connectivity index (χ0) is 16.2. The van der Waals surface area contributed by atoms with Crippen LogP contribution < -0.4 is 5.32 Å². The maximum Gasteiger partial charge on any atom is 0.242 e. The minimum Gasteiger partial charge on any atom is -0.339 e. The third-order valence-corrected chi connectivity index (χ3v) is 5.06. The summed E-state index contributed by atoms with van der Waals surface area (Å²) in [7, 11) is 0. The molecular weight excluding hydrogens is 332 g/mol. The minimum atomic E-state index is 0. The average molecular weight is 359 g/mol. The van der Waals surface area contributed by atoms with Crippen molar-refractivity contribution in [2.75, 3.05) is 45.8 Å². The van der Waals surface area contributed by atoms with E-state index in [1.54, 1.807) is 4.90 Å². The normalized spacial score (nSPS) is 25.5. The first-order valence-electron chi connectivity index (χ1n) is 8.71. The van der Waals surface area contributed by atoms with Crippen molar-refractivity contribution in [3.05, 3.63) is 0 Å². The summed E-state index contributed by atoms with van der Waals surface area (Å²) in [6, 6.07) is 0.124. The zero-order valence-electron chi connectivity index (χ0n) is 14.0. The second kappa shape index (κ2) is 8.67. The molecule has 3 aliphatic heterocycles. The van der Waals surface area contributed by atoms with Gasteiger partial charge in [-0.15, -0.1) is 12.4 Å². The first kappa shape index (κ1) is 19.0. The number of amides is 3. The number of hydrogen-bond donors (Lipinski definition) is 1. The maximum absolute atomic E-state index is 12.5. The second-order valence-corrected chi connectivity index (χ2v) is 6.67. The van der Waals surface area contributed by atoms with E-state index >= 15 is 0 Å². The molecule has 1 unspecified atom stereocenters. The van der Waals surface area contributed by atoms with Gasteiger partial charge in [-0.05, 0) is 25.7 Å². The molecule has 0 saturated carbocycles. The average Bonchev–Trinajstić information content (AvgIpc) is 2.57. The molecule has 3 fully saturated rings. The molecule has 0 bridgehead atoms. The molecule has 1 N–H and O–H groups in total. The van der Waals surface area contributed by atoms with Gasteiger partial charge in [-0.2, -0.15) is 0 Å². The zero-order valence-corrected chi connectivity index (χ0v) is 14.9. The highest BCUT2D eigenvalue weighted by Gasteiger charge is 2.32. The number of carbonyl (C=O) groups is 3. The van der Waals surface area contributed by atoms with Crippen LogP contribution in [0.5, 0.6) is 0 Å². The van der Waals surface area contributed by atoms with Gasteiger partial charge in [-0.1, -0.05) is 0 Å². The van der Waals surface area contributed by atoms with Crippen LogP contribution in [0, 0.1) is 0 Å². The smallest absolute Gasteiger partial charge is 0.242 e. The van der Waals surface area contributed by atoms with Gasteiger partial charge < -0.3 is 20.0 Å². The molecule has 24 heavy (non-hydrogen) atoms. The summed E-state index contributed by atoms with van der Waals surface area (Å²) < 4.78 is 0. The topological polar surface area (TPSA) is 73.0 Å². The Morgan fingerprint density at radius 1 is 1.08 bits per heavy atom. The van der Waals surface area contributed by atoms with Crippen LogP contribution >= 0.6 is 12.4 Å². The summed E-state index contributed by atoms with van der Waals surface area (Å²) in [4.78, 5) is 41.9. The Balaban J connectivity index is 0.00000208. The lowest BCUT2D eigenvalue weighted by atomic mass is 10.0. The third kappa shape index (κ3) is 4.39. The predicted molar refractivity (Wildman–Crippen MR) is 91.9 cm³/mol. The van der Waals surface area contributed by atoms with Crippen molar-refractivity contribution in [3.8, 4) is 0 Å². The van der Waals surface area contributed by atoms with Crippen LogP contribution in [0.25, 0.3) is 0 Å². The van der Waals surface area contributed by atoms with Crippen molar-refractivity contribution in [2.45, 2.75) is 38.1 Å². The van der Waals surface area contributed by atoms with Crippen LogP contribution in [0.3, 0.4) is 0 Å². The highest BCUT2D eigenvalue weighted by atomic mass is 35.5. The fourth-order valence-corrected chi connectivity index (χ4v) is 3.74. The molecule has 3 saturated heterocycles. The lowest BCUT2D eigenvalue weighted by Crippen LogP contribution is -2.58. The number of likely N-dealkylation sites (tertiary alicyclic amines) is 2. The molecule has 3 heterocycles. The number of rotatable bonds is 3. The summed E-state index contributed by atoms with van der Waals surface area (Å²) in [6.45, 7) is 4.16. The van der Waals surface area contributed by atoms with E-state index in [1.807, 2.05) is 9.80 Å². The first-order chi connectivity index (χ1) is 11.1. The summed E-state index contributed by atoms with van der Waals surface area (Å²) in [5, 5.41) is 3.08. The van der Waals surface area contributed by atoms with Gasteiger partial charge in [0.2, 0.25) is 17.7 Å². The van der Waals surface area contributed by atoms with Gasteiger partial charge in [0.15, 0.2) is 0 Å². The van der Waals surface area contributed by atoms with Crippen LogP contribution in [0.4, 0.5) is 0 Å². The molecule has 7 nitrogen and oxygen atoms in total. The highest BCUT2D eigenvalue weighted by Crippen LogP contribution is 2.18. The Labute approximate surface area is 149 Å². The molecule has 0 aromatic heterocycles. The van der Waals surface area contributed by atoms with Gasteiger partial charge in [-0.25, -0.2) is 0 Å². The molecule has 3 rings (SSSR count). The van der Waals surface area contributed by atoms with Gasteiger partial charge in [0.25, 0.3) is 0 Å². The molecule has 8 heteroatoms. The summed E-state index contributed by atoms with van der Waals surface area (Å²) >= 11 is 0. The van der Waals surface area contributed by atoms with E-state index in [9.17, 15) is 14.4 Å². The molecule has 3 amide bonds. The maximum atomic E-state index is 12.5. The van der Waals surface area contributed by atoms with Crippen LogP contribution in [0.15, 0.2) is 0 Å². The minimum absolute atomic E-state index is 0. The fourth-order valence-electron chi connectivity index (χ4n) is 3.74. The Bertz CT molecular complexity index is 488. The van der Waals surface area contributed by atoms with Gasteiger partial charge in [0, 0.05) is 45.2 Å². The van der Waals surface area contributed by atoms with E-state index in [0.717, 1.165) is 45.3 Å². The van der Waals surface area contributed by atoms with E-state index in [0.29, 0.717) is 26.1 Å². The van der Waals surface area contributed by atoms with E-state index < -0.39 is 0 Å². The third-order valence-electron chi connectivity index (χ3n) is 5.06. The van der Waals surface area contributed by atoms with Gasteiger partial charge in [0.05, 0.1) is 13.1 Å². The monoisotopic (exact) mass is 358 g/mol. The number of nitrogens with zero attached hydrogens (tertiary/aromatic N) is 3. The number of hydrogen-bond acceptors (Lipinski definition) is 4. The quantitative estimate of drug-likeness (QED) is 0.761. The van der Waals surface area contributed by atoms with Gasteiger partial charge >= 0.3 is 0 Å². The molecule has 1 atom stereocenters. The fraction of sp³-hybridized carbons (Fsp3) is 0.812. The molecule has 136 valence electrons. The Morgan fingerprint density at radius 3 is 2.67 bits per heavy atom. The number of halogens is 1.